The molecule has 1 amide bonds. The van der Waals surface area contributed by atoms with Crippen LogP contribution in [0.4, 0.5) is 0 Å². The lowest BCUT2D eigenvalue weighted by Gasteiger charge is -2.28. The fraction of sp³-hybridized carbons (Fsp3) is 0.917. The summed E-state index contributed by atoms with van der Waals surface area (Å²) in [4.78, 5) is 11.8. The zero-order valence-electron chi connectivity index (χ0n) is 19.8. The van der Waals surface area contributed by atoms with Crippen molar-refractivity contribution in [3.05, 3.63) is 0 Å². The largest absolute Gasteiger partial charge is 0.356 e. The topological polar surface area (TPSA) is 55.1 Å². The Kier molecular flexibility index (Phi) is 17.3. The summed E-state index contributed by atoms with van der Waals surface area (Å²) in [7, 11) is 0.546. The number of nitrogens with one attached hydrogen (secondary N) is 1. The molecule has 0 spiro atoms. The van der Waals surface area contributed by atoms with Crippen LogP contribution in [0.1, 0.15) is 98.8 Å². The first-order valence-corrected chi connectivity index (χ1v) is 13.5. The molecule has 0 aromatic heterocycles. The molecule has 0 aromatic rings. The van der Waals surface area contributed by atoms with Gasteiger partial charge in [-0.25, -0.2) is 0 Å². The zero-order valence-corrected chi connectivity index (χ0v) is 20.6. The van der Waals surface area contributed by atoms with Crippen LogP contribution in [0.15, 0.2) is 0 Å². The second-order valence-corrected chi connectivity index (χ2v) is 11.8. The van der Waals surface area contributed by atoms with Crippen molar-refractivity contribution < 1.29 is 4.79 Å². The minimum absolute atomic E-state index is 0.241. The van der Waals surface area contributed by atoms with Crippen molar-refractivity contribution in [2.75, 3.05) is 19.3 Å². The van der Waals surface area contributed by atoms with Crippen LogP contribution in [0.3, 0.4) is 0 Å². The third kappa shape index (κ3) is 15.6. The second kappa shape index (κ2) is 17.5. The lowest BCUT2D eigenvalue weighted by Crippen LogP contribution is -2.28. The van der Waals surface area contributed by atoms with Crippen LogP contribution in [0.5, 0.6) is 0 Å². The Labute approximate surface area is 178 Å². The first kappa shape index (κ1) is 27.6. The van der Waals surface area contributed by atoms with Gasteiger partial charge in [-0.1, -0.05) is 65.2 Å². The number of amides is 1. The summed E-state index contributed by atoms with van der Waals surface area (Å²) in [6, 6.07) is 0. The van der Waals surface area contributed by atoms with Gasteiger partial charge in [0.05, 0.1) is 0 Å². The molecule has 1 saturated carbocycles. The van der Waals surface area contributed by atoms with Crippen molar-refractivity contribution in [3.63, 3.8) is 0 Å². The zero-order chi connectivity index (χ0) is 21.4. The van der Waals surface area contributed by atoms with Gasteiger partial charge in [-0.3, -0.25) is 4.79 Å². The van der Waals surface area contributed by atoms with Crippen LogP contribution in [0.2, 0.25) is 0 Å². The average Bonchev–Trinajstić information content (AvgIpc) is 2.67. The molecule has 1 aliphatic rings. The van der Waals surface area contributed by atoms with Crippen LogP contribution in [0.25, 0.3) is 0 Å². The maximum Gasteiger partial charge on any atom is 0.219 e. The summed E-state index contributed by atoms with van der Waals surface area (Å²) in [6.07, 6.45) is 14.1. The van der Waals surface area contributed by atoms with E-state index in [0.29, 0.717) is 16.9 Å². The maximum absolute atomic E-state index is 11.8. The molecule has 0 radical (unpaired) electrons. The summed E-state index contributed by atoms with van der Waals surface area (Å²) < 4.78 is 0. The molecule has 3 N–H and O–H groups in total. The number of carbonyl (C=O) groups excluding carboxylic acids is 1. The first-order valence-electron chi connectivity index (χ1n) is 11.7. The van der Waals surface area contributed by atoms with E-state index in [9.17, 15) is 4.79 Å². The van der Waals surface area contributed by atoms with Crippen molar-refractivity contribution >= 4 is 21.8 Å². The van der Waals surface area contributed by atoms with Crippen molar-refractivity contribution in [3.8, 4) is 0 Å². The summed E-state index contributed by atoms with van der Waals surface area (Å²) in [5.74, 6) is 2.52. The number of hydrogen-bond acceptors (Lipinski definition) is 2. The normalized spacial score (nSPS) is 20.8. The summed E-state index contributed by atoms with van der Waals surface area (Å²) in [5, 5.41) is 6.20. The average molecular weight is 415 g/mol. The van der Waals surface area contributed by atoms with Gasteiger partial charge < -0.3 is 11.1 Å². The predicted octanol–water partition coefficient (Wildman–Crippen LogP) is 5.98. The van der Waals surface area contributed by atoms with Gasteiger partial charge in [0.25, 0.3) is 0 Å². The Morgan fingerprint density at radius 1 is 1.14 bits per heavy atom. The van der Waals surface area contributed by atoms with Gasteiger partial charge in [-0.15, -0.1) is 0 Å². The molecule has 0 saturated heterocycles. The van der Waals surface area contributed by atoms with Gasteiger partial charge in [-0.2, -0.15) is 10.5 Å². The molecule has 1 aliphatic carbocycles. The molecule has 28 heavy (non-hydrogen) atoms. The quantitative estimate of drug-likeness (QED) is 0.323. The summed E-state index contributed by atoms with van der Waals surface area (Å²) in [5.41, 5.74) is 5.77. The highest BCUT2D eigenvalue weighted by Gasteiger charge is 2.20. The lowest BCUT2D eigenvalue weighted by molar-refractivity contribution is -0.121. The second-order valence-electron chi connectivity index (χ2n) is 9.16. The van der Waals surface area contributed by atoms with Crippen LogP contribution in [0, 0.1) is 17.8 Å². The molecule has 0 bridgehead atoms. The molecule has 3 atom stereocenters. The Morgan fingerprint density at radius 2 is 1.82 bits per heavy atom. The van der Waals surface area contributed by atoms with Crippen LogP contribution in [-0.2, 0) is 4.79 Å². The molecular formula is C24H50N2OS. The van der Waals surface area contributed by atoms with Gasteiger partial charge >= 0.3 is 0 Å². The van der Waals surface area contributed by atoms with E-state index in [-0.39, 0.29) is 5.91 Å². The molecule has 0 aromatic carbocycles. The highest BCUT2D eigenvalue weighted by molar-refractivity contribution is 8.14. The number of rotatable bonds is 11. The highest BCUT2D eigenvalue weighted by Crippen LogP contribution is 2.30. The van der Waals surface area contributed by atoms with Gasteiger partial charge in [0.15, 0.2) is 0 Å². The Bertz CT molecular complexity index is 421. The SMILES string of the molecule is C/C=S(\C)C(C)C.CC(C)CCCCCC(=O)NCCC1CCCC(CN)C1. The van der Waals surface area contributed by atoms with Gasteiger partial charge in [0, 0.05) is 13.0 Å². The molecule has 4 heteroatoms. The number of nitrogens with two attached hydrogens (primary N) is 1. The van der Waals surface area contributed by atoms with E-state index in [2.05, 4.69) is 51.6 Å². The Balaban J connectivity index is 0.000000887. The molecule has 0 aliphatic heterocycles. The van der Waals surface area contributed by atoms with E-state index >= 15 is 0 Å². The van der Waals surface area contributed by atoms with Crippen LogP contribution >= 0.6 is 10.5 Å². The van der Waals surface area contributed by atoms with E-state index < -0.39 is 0 Å². The van der Waals surface area contributed by atoms with Gasteiger partial charge in [0.2, 0.25) is 5.91 Å². The Hall–Kier alpha value is -0.350. The minimum atomic E-state index is 0.241. The van der Waals surface area contributed by atoms with Crippen LogP contribution in [-0.4, -0.2) is 35.9 Å². The van der Waals surface area contributed by atoms with E-state index in [4.69, 9.17) is 5.73 Å². The summed E-state index contributed by atoms with van der Waals surface area (Å²) in [6.45, 7) is 12.8. The molecule has 1 fully saturated rings. The monoisotopic (exact) mass is 414 g/mol. The third-order valence-corrected chi connectivity index (χ3v) is 8.13. The Morgan fingerprint density at radius 3 is 2.36 bits per heavy atom. The minimum Gasteiger partial charge on any atom is -0.356 e. The van der Waals surface area contributed by atoms with Crippen molar-refractivity contribution in [1.29, 1.82) is 0 Å². The van der Waals surface area contributed by atoms with E-state index in [1.807, 2.05) is 0 Å². The third-order valence-electron chi connectivity index (χ3n) is 5.90. The molecule has 1 rings (SSSR count). The first-order chi connectivity index (χ1) is 13.3. The molecule has 0 heterocycles. The van der Waals surface area contributed by atoms with Crippen molar-refractivity contribution in [2.45, 2.75) is 104 Å². The standard InChI is InChI=1S/C18H36N2O.C6H14S/c1-15(2)7-4-3-5-10-18(21)20-12-11-16-8-6-9-17(13-16)14-19;1-5-7(4)6(2)3/h15-17H,3-14,19H2,1-2H3,(H,20,21);5-6H,1-4H3. The maximum atomic E-state index is 11.8. The van der Waals surface area contributed by atoms with Gasteiger partial charge in [0.1, 0.15) is 0 Å². The fourth-order valence-electron chi connectivity index (χ4n) is 3.67. The number of hydrogen-bond donors (Lipinski definition) is 2. The highest BCUT2D eigenvalue weighted by atomic mass is 32.2. The van der Waals surface area contributed by atoms with E-state index in [1.54, 1.807) is 0 Å². The number of unbranched alkanes of at least 4 members (excludes halogenated alkanes) is 2. The lowest BCUT2D eigenvalue weighted by atomic mass is 9.80. The van der Waals surface area contributed by atoms with E-state index in [1.165, 1.54) is 44.9 Å². The fourth-order valence-corrected chi connectivity index (χ4v) is 4.21. The molecule has 3 nitrogen and oxygen atoms in total. The smallest absolute Gasteiger partial charge is 0.219 e. The van der Waals surface area contributed by atoms with Crippen molar-refractivity contribution in [1.82, 2.24) is 5.32 Å². The molecule has 3 unspecified atom stereocenters. The van der Waals surface area contributed by atoms with Crippen molar-refractivity contribution in [2.24, 2.45) is 23.5 Å². The number of carbonyl (C=O) groups is 1. The van der Waals surface area contributed by atoms with E-state index in [0.717, 1.165) is 48.9 Å². The predicted molar refractivity (Wildman–Crippen MR) is 130 cm³/mol. The molecular weight excluding hydrogens is 364 g/mol. The summed E-state index contributed by atoms with van der Waals surface area (Å²) >= 11 is 0. The molecule has 168 valence electrons. The van der Waals surface area contributed by atoms with Crippen LogP contribution < -0.4 is 11.1 Å². The van der Waals surface area contributed by atoms with Gasteiger partial charge in [-0.05, 0) is 68.4 Å².